The molecule has 1 N–H and O–H groups in total. The molecular formula is C19H27N3O3. The maximum Gasteiger partial charge on any atom is 0.407 e. The number of nitrogens with zero attached hydrogens (tertiary/aromatic N) is 2. The minimum Gasteiger partial charge on any atom is -0.444 e. The Bertz CT molecular complexity index is 596. The average Bonchev–Trinajstić information content (AvgIpc) is 2.54. The van der Waals surface area contributed by atoms with Crippen molar-refractivity contribution in [2.45, 2.75) is 38.8 Å². The maximum atomic E-state index is 12.2. The zero-order valence-electron chi connectivity index (χ0n) is 15.2. The van der Waals surface area contributed by atoms with E-state index in [4.69, 9.17) is 14.7 Å². The first-order valence-electron chi connectivity index (χ1n) is 8.64. The molecule has 1 saturated heterocycles. The molecule has 136 valence electrons. The van der Waals surface area contributed by atoms with Crippen LogP contribution in [-0.2, 0) is 15.9 Å². The van der Waals surface area contributed by atoms with Gasteiger partial charge in [0, 0.05) is 25.7 Å². The van der Waals surface area contributed by atoms with Gasteiger partial charge >= 0.3 is 6.09 Å². The van der Waals surface area contributed by atoms with Crippen LogP contribution in [0.5, 0.6) is 0 Å². The standard InChI is InChI=1S/C19H27N3O3/c1-19(2,3)25-18(23)21-17(14-22-8-10-24-11-9-22)12-15-4-6-16(13-20)7-5-15/h4-7,17H,8-12,14H2,1-3H3,(H,21,23)/t17-/m1/s1. The van der Waals surface area contributed by atoms with E-state index in [0.29, 0.717) is 12.0 Å². The highest BCUT2D eigenvalue weighted by molar-refractivity contribution is 5.68. The molecule has 0 unspecified atom stereocenters. The second-order valence-corrected chi connectivity index (χ2v) is 7.27. The first kappa shape index (κ1) is 19.2. The molecule has 0 radical (unpaired) electrons. The van der Waals surface area contributed by atoms with Crippen LogP contribution in [0.3, 0.4) is 0 Å². The highest BCUT2D eigenvalue weighted by atomic mass is 16.6. The number of nitriles is 1. The summed E-state index contributed by atoms with van der Waals surface area (Å²) < 4.78 is 10.8. The Balaban J connectivity index is 2.01. The van der Waals surface area contributed by atoms with Crippen LogP contribution in [0, 0.1) is 11.3 Å². The second-order valence-electron chi connectivity index (χ2n) is 7.27. The SMILES string of the molecule is CC(C)(C)OC(=O)N[C@H](Cc1ccc(C#N)cc1)CN1CCOCC1. The number of amides is 1. The number of benzene rings is 1. The van der Waals surface area contributed by atoms with Gasteiger partial charge in [0.15, 0.2) is 0 Å². The van der Waals surface area contributed by atoms with Crippen molar-refractivity contribution in [2.24, 2.45) is 0 Å². The Labute approximate surface area is 149 Å². The molecule has 25 heavy (non-hydrogen) atoms. The van der Waals surface area contributed by atoms with Gasteiger partial charge in [-0.15, -0.1) is 0 Å². The Morgan fingerprint density at radius 2 is 1.96 bits per heavy atom. The van der Waals surface area contributed by atoms with Crippen molar-refractivity contribution in [2.75, 3.05) is 32.8 Å². The van der Waals surface area contributed by atoms with Crippen molar-refractivity contribution < 1.29 is 14.3 Å². The average molecular weight is 345 g/mol. The minimum atomic E-state index is -0.526. The van der Waals surface area contributed by atoms with Crippen molar-refractivity contribution in [3.05, 3.63) is 35.4 Å². The van der Waals surface area contributed by atoms with Gasteiger partial charge in [0.1, 0.15) is 5.60 Å². The van der Waals surface area contributed by atoms with Crippen LogP contribution < -0.4 is 5.32 Å². The Morgan fingerprint density at radius 3 is 2.52 bits per heavy atom. The van der Waals surface area contributed by atoms with Gasteiger partial charge in [-0.3, -0.25) is 4.90 Å². The van der Waals surface area contributed by atoms with E-state index in [1.165, 1.54) is 0 Å². The number of hydrogen-bond acceptors (Lipinski definition) is 5. The van der Waals surface area contributed by atoms with E-state index in [2.05, 4.69) is 16.3 Å². The van der Waals surface area contributed by atoms with E-state index in [0.717, 1.165) is 38.4 Å². The summed E-state index contributed by atoms with van der Waals surface area (Å²) in [4.78, 5) is 14.5. The van der Waals surface area contributed by atoms with Crippen molar-refractivity contribution in [3.63, 3.8) is 0 Å². The predicted molar refractivity (Wildman–Crippen MR) is 95.3 cm³/mol. The predicted octanol–water partition coefficient (Wildman–Crippen LogP) is 2.33. The summed E-state index contributed by atoms with van der Waals surface area (Å²) in [6.07, 6.45) is 0.280. The Kier molecular flexibility index (Phi) is 6.80. The van der Waals surface area contributed by atoms with E-state index in [-0.39, 0.29) is 6.04 Å². The van der Waals surface area contributed by atoms with Crippen LogP contribution in [0.2, 0.25) is 0 Å². The molecule has 1 amide bonds. The first-order valence-corrected chi connectivity index (χ1v) is 8.64. The van der Waals surface area contributed by atoms with Gasteiger partial charge in [0.25, 0.3) is 0 Å². The van der Waals surface area contributed by atoms with Gasteiger partial charge in [-0.25, -0.2) is 4.79 Å². The van der Waals surface area contributed by atoms with Crippen LogP contribution in [0.25, 0.3) is 0 Å². The van der Waals surface area contributed by atoms with E-state index >= 15 is 0 Å². The van der Waals surface area contributed by atoms with Gasteiger partial charge < -0.3 is 14.8 Å². The molecule has 2 rings (SSSR count). The molecule has 0 saturated carbocycles. The summed E-state index contributed by atoms with van der Waals surface area (Å²) in [6, 6.07) is 9.52. The topological polar surface area (TPSA) is 74.6 Å². The molecule has 6 nitrogen and oxygen atoms in total. The lowest BCUT2D eigenvalue weighted by Crippen LogP contribution is -2.49. The molecular weight excluding hydrogens is 318 g/mol. The van der Waals surface area contributed by atoms with Gasteiger partial charge in [-0.1, -0.05) is 12.1 Å². The molecule has 1 aliphatic rings. The normalized spacial score (nSPS) is 16.7. The van der Waals surface area contributed by atoms with Gasteiger partial charge in [0.05, 0.1) is 24.8 Å². The van der Waals surface area contributed by atoms with Crippen molar-refractivity contribution in [3.8, 4) is 6.07 Å². The summed E-state index contributed by atoms with van der Waals surface area (Å²) in [5.41, 5.74) is 1.18. The highest BCUT2D eigenvalue weighted by Gasteiger charge is 2.22. The lowest BCUT2D eigenvalue weighted by molar-refractivity contribution is 0.0290. The largest absolute Gasteiger partial charge is 0.444 e. The maximum absolute atomic E-state index is 12.2. The summed E-state index contributed by atoms with van der Waals surface area (Å²) >= 11 is 0. The number of carbonyl (C=O) groups is 1. The van der Waals surface area contributed by atoms with Crippen LogP contribution in [0.15, 0.2) is 24.3 Å². The monoisotopic (exact) mass is 345 g/mol. The van der Waals surface area contributed by atoms with Crippen LogP contribution >= 0.6 is 0 Å². The van der Waals surface area contributed by atoms with Crippen molar-refractivity contribution in [1.29, 1.82) is 5.26 Å². The van der Waals surface area contributed by atoms with E-state index in [1.807, 2.05) is 32.9 Å². The summed E-state index contributed by atoms with van der Waals surface area (Å²) in [6.45, 7) is 9.45. The number of alkyl carbamates (subject to hydrolysis) is 1. The fourth-order valence-corrected chi connectivity index (χ4v) is 2.73. The number of rotatable bonds is 5. The molecule has 6 heteroatoms. The summed E-state index contributed by atoms with van der Waals surface area (Å²) in [7, 11) is 0. The molecule has 0 aliphatic carbocycles. The third-order valence-electron chi connectivity index (χ3n) is 3.87. The van der Waals surface area contributed by atoms with E-state index < -0.39 is 11.7 Å². The minimum absolute atomic E-state index is 0.0686. The number of hydrogen-bond donors (Lipinski definition) is 1. The number of ether oxygens (including phenoxy) is 2. The Hall–Kier alpha value is -2.10. The van der Waals surface area contributed by atoms with Crippen molar-refractivity contribution in [1.82, 2.24) is 10.2 Å². The second kappa shape index (κ2) is 8.84. The molecule has 0 aromatic heterocycles. The molecule has 1 aliphatic heterocycles. The number of carbonyl (C=O) groups excluding carboxylic acids is 1. The van der Waals surface area contributed by atoms with E-state index in [1.54, 1.807) is 12.1 Å². The van der Waals surface area contributed by atoms with Crippen LogP contribution in [0.1, 0.15) is 31.9 Å². The zero-order chi connectivity index (χ0) is 18.3. The zero-order valence-corrected chi connectivity index (χ0v) is 15.2. The van der Waals surface area contributed by atoms with Gasteiger partial charge in [-0.2, -0.15) is 5.26 Å². The van der Waals surface area contributed by atoms with Crippen molar-refractivity contribution >= 4 is 6.09 Å². The third-order valence-corrected chi connectivity index (χ3v) is 3.87. The summed E-state index contributed by atoms with van der Waals surface area (Å²) in [5.74, 6) is 0. The highest BCUT2D eigenvalue weighted by Crippen LogP contribution is 2.11. The quantitative estimate of drug-likeness (QED) is 0.886. The van der Waals surface area contributed by atoms with Crippen LogP contribution in [0.4, 0.5) is 4.79 Å². The number of morpholine rings is 1. The Morgan fingerprint density at radius 1 is 1.32 bits per heavy atom. The molecule has 0 bridgehead atoms. The smallest absolute Gasteiger partial charge is 0.407 e. The third kappa shape index (κ3) is 7.12. The fourth-order valence-electron chi connectivity index (χ4n) is 2.73. The van der Waals surface area contributed by atoms with Gasteiger partial charge in [-0.05, 0) is 44.9 Å². The molecule has 1 heterocycles. The lowest BCUT2D eigenvalue weighted by Gasteiger charge is -2.31. The first-order chi connectivity index (χ1) is 11.9. The van der Waals surface area contributed by atoms with Gasteiger partial charge in [0.2, 0.25) is 0 Å². The lowest BCUT2D eigenvalue weighted by atomic mass is 10.0. The molecule has 1 aromatic carbocycles. The van der Waals surface area contributed by atoms with E-state index in [9.17, 15) is 4.79 Å². The number of nitrogens with one attached hydrogen (secondary N) is 1. The molecule has 1 aromatic rings. The molecule has 0 spiro atoms. The summed E-state index contributed by atoms with van der Waals surface area (Å²) in [5, 5.41) is 11.9. The van der Waals surface area contributed by atoms with Crippen LogP contribution in [-0.4, -0.2) is 55.5 Å². The fraction of sp³-hybridized carbons (Fsp3) is 0.579. The molecule has 1 atom stereocenters. The molecule has 1 fully saturated rings.